The van der Waals surface area contributed by atoms with Gasteiger partial charge in [-0.2, -0.15) is 0 Å². The summed E-state index contributed by atoms with van der Waals surface area (Å²) in [6, 6.07) is 7.52. The van der Waals surface area contributed by atoms with Crippen molar-refractivity contribution in [2.75, 3.05) is 6.54 Å². The van der Waals surface area contributed by atoms with E-state index < -0.39 is 0 Å². The second kappa shape index (κ2) is 7.58. The number of rotatable bonds is 7. The first kappa shape index (κ1) is 15.2. The highest BCUT2D eigenvalue weighted by Crippen LogP contribution is 2.26. The molecule has 0 aliphatic heterocycles. The van der Waals surface area contributed by atoms with Crippen LogP contribution in [0.3, 0.4) is 0 Å². The van der Waals surface area contributed by atoms with Gasteiger partial charge >= 0.3 is 0 Å². The third kappa shape index (κ3) is 4.13. The Morgan fingerprint density at radius 1 is 1.06 bits per heavy atom. The Morgan fingerprint density at radius 2 is 1.78 bits per heavy atom. The Bertz CT molecular complexity index is 355. The van der Waals surface area contributed by atoms with Crippen molar-refractivity contribution in [1.82, 2.24) is 5.32 Å². The average molecular weight is 247 g/mol. The van der Waals surface area contributed by atoms with Gasteiger partial charge < -0.3 is 5.32 Å². The maximum absolute atomic E-state index is 3.66. The summed E-state index contributed by atoms with van der Waals surface area (Å²) in [5.41, 5.74) is 4.47. The van der Waals surface area contributed by atoms with Crippen LogP contribution in [0.2, 0.25) is 0 Å². The minimum Gasteiger partial charge on any atom is -0.310 e. The highest BCUT2D eigenvalue weighted by atomic mass is 14.9. The molecule has 1 aromatic rings. The fourth-order valence-corrected chi connectivity index (χ4v) is 2.55. The normalized spacial score (nSPS) is 13.0. The van der Waals surface area contributed by atoms with E-state index >= 15 is 0 Å². The molecule has 0 spiro atoms. The van der Waals surface area contributed by atoms with Gasteiger partial charge in [0.25, 0.3) is 0 Å². The summed E-state index contributed by atoms with van der Waals surface area (Å²) in [6.45, 7) is 12.3. The van der Waals surface area contributed by atoms with Crippen molar-refractivity contribution in [2.45, 2.75) is 59.9 Å². The molecule has 0 aromatic heterocycles. The van der Waals surface area contributed by atoms with Gasteiger partial charge in [0, 0.05) is 6.04 Å². The summed E-state index contributed by atoms with van der Waals surface area (Å²) < 4.78 is 0. The lowest BCUT2D eigenvalue weighted by atomic mass is 9.90. The van der Waals surface area contributed by atoms with E-state index in [1.165, 1.54) is 23.1 Å². The average Bonchev–Trinajstić information content (AvgIpc) is 2.37. The third-order valence-corrected chi connectivity index (χ3v) is 3.53. The van der Waals surface area contributed by atoms with Crippen LogP contribution in [-0.4, -0.2) is 6.54 Å². The molecule has 1 N–H and O–H groups in total. The molecule has 18 heavy (non-hydrogen) atoms. The Labute approximate surface area is 113 Å². The number of benzene rings is 1. The van der Waals surface area contributed by atoms with Crippen molar-refractivity contribution in [2.24, 2.45) is 5.92 Å². The second-order valence-corrected chi connectivity index (χ2v) is 5.48. The SMILES string of the molecule is CCNC(CC(C)C)c1cc(CC)ccc1CC. The van der Waals surface area contributed by atoms with Crippen LogP contribution >= 0.6 is 0 Å². The van der Waals surface area contributed by atoms with Crippen LogP contribution in [0, 0.1) is 5.92 Å². The zero-order valence-corrected chi connectivity index (χ0v) is 12.7. The largest absolute Gasteiger partial charge is 0.310 e. The quantitative estimate of drug-likeness (QED) is 0.747. The number of hydrogen-bond acceptors (Lipinski definition) is 1. The smallest absolute Gasteiger partial charge is 0.0325 e. The lowest BCUT2D eigenvalue weighted by molar-refractivity contribution is 0.436. The topological polar surface area (TPSA) is 12.0 Å². The van der Waals surface area contributed by atoms with E-state index in [0.29, 0.717) is 6.04 Å². The molecule has 0 aliphatic rings. The van der Waals surface area contributed by atoms with Crippen LogP contribution in [0.15, 0.2) is 18.2 Å². The van der Waals surface area contributed by atoms with Gasteiger partial charge in [0.1, 0.15) is 0 Å². The lowest BCUT2D eigenvalue weighted by Crippen LogP contribution is -2.23. The summed E-state index contributed by atoms with van der Waals surface area (Å²) >= 11 is 0. The van der Waals surface area contributed by atoms with Crippen molar-refractivity contribution in [1.29, 1.82) is 0 Å². The Morgan fingerprint density at radius 3 is 2.28 bits per heavy atom. The monoisotopic (exact) mass is 247 g/mol. The molecule has 1 unspecified atom stereocenters. The molecule has 1 rings (SSSR count). The number of nitrogens with one attached hydrogen (secondary N) is 1. The van der Waals surface area contributed by atoms with Gasteiger partial charge in [-0.3, -0.25) is 0 Å². The van der Waals surface area contributed by atoms with Crippen LogP contribution in [0.1, 0.15) is 63.8 Å². The van der Waals surface area contributed by atoms with Crippen molar-refractivity contribution in [3.63, 3.8) is 0 Å². The predicted molar refractivity (Wildman–Crippen MR) is 81.1 cm³/mol. The van der Waals surface area contributed by atoms with E-state index in [1.807, 2.05) is 0 Å². The van der Waals surface area contributed by atoms with Crippen LogP contribution in [0.5, 0.6) is 0 Å². The van der Waals surface area contributed by atoms with Crippen LogP contribution in [-0.2, 0) is 12.8 Å². The molecule has 1 heteroatoms. The molecule has 0 radical (unpaired) electrons. The lowest BCUT2D eigenvalue weighted by Gasteiger charge is -2.23. The molecular formula is C17H29N. The predicted octanol–water partition coefficient (Wildman–Crippen LogP) is 4.51. The van der Waals surface area contributed by atoms with Crippen LogP contribution in [0.25, 0.3) is 0 Å². The zero-order chi connectivity index (χ0) is 13.5. The maximum Gasteiger partial charge on any atom is 0.0325 e. The van der Waals surface area contributed by atoms with E-state index in [4.69, 9.17) is 0 Å². The van der Waals surface area contributed by atoms with E-state index in [2.05, 4.69) is 58.1 Å². The van der Waals surface area contributed by atoms with Crippen molar-refractivity contribution < 1.29 is 0 Å². The highest BCUT2D eigenvalue weighted by Gasteiger charge is 2.15. The van der Waals surface area contributed by atoms with Gasteiger partial charge in [0.15, 0.2) is 0 Å². The summed E-state index contributed by atoms with van der Waals surface area (Å²) in [4.78, 5) is 0. The first-order chi connectivity index (χ1) is 8.62. The van der Waals surface area contributed by atoms with Crippen LogP contribution < -0.4 is 5.32 Å². The standard InChI is InChI=1S/C17H29N/c1-6-14-9-10-15(7-2)16(12-14)17(18-8-3)11-13(4)5/h9-10,12-13,17-18H,6-8,11H2,1-5H3. The molecule has 102 valence electrons. The van der Waals surface area contributed by atoms with Gasteiger partial charge in [-0.1, -0.05) is 52.8 Å². The number of aryl methyl sites for hydroxylation is 2. The number of hydrogen-bond donors (Lipinski definition) is 1. The van der Waals surface area contributed by atoms with E-state index in [-0.39, 0.29) is 0 Å². The zero-order valence-electron chi connectivity index (χ0n) is 12.7. The minimum absolute atomic E-state index is 0.511. The summed E-state index contributed by atoms with van der Waals surface area (Å²) in [6.07, 6.45) is 3.46. The Balaban J connectivity index is 3.06. The molecule has 0 amide bonds. The third-order valence-electron chi connectivity index (χ3n) is 3.53. The second-order valence-electron chi connectivity index (χ2n) is 5.48. The molecule has 0 saturated heterocycles. The molecular weight excluding hydrogens is 218 g/mol. The van der Waals surface area contributed by atoms with Crippen molar-refractivity contribution in [3.8, 4) is 0 Å². The molecule has 0 bridgehead atoms. The molecule has 0 heterocycles. The first-order valence-corrected chi connectivity index (χ1v) is 7.47. The summed E-state index contributed by atoms with van der Waals surface area (Å²) in [7, 11) is 0. The van der Waals surface area contributed by atoms with Gasteiger partial charge in [-0.15, -0.1) is 0 Å². The summed E-state index contributed by atoms with van der Waals surface area (Å²) in [5, 5.41) is 3.66. The molecule has 0 fully saturated rings. The van der Waals surface area contributed by atoms with Gasteiger partial charge in [-0.05, 0) is 48.4 Å². The van der Waals surface area contributed by atoms with E-state index in [0.717, 1.165) is 25.3 Å². The Kier molecular flexibility index (Phi) is 6.42. The Hall–Kier alpha value is -0.820. The first-order valence-electron chi connectivity index (χ1n) is 7.47. The van der Waals surface area contributed by atoms with Gasteiger partial charge in [0.05, 0.1) is 0 Å². The summed E-state index contributed by atoms with van der Waals surface area (Å²) in [5.74, 6) is 0.726. The van der Waals surface area contributed by atoms with E-state index in [9.17, 15) is 0 Å². The maximum atomic E-state index is 3.66. The van der Waals surface area contributed by atoms with Gasteiger partial charge in [0.2, 0.25) is 0 Å². The van der Waals surface area contributed by atoms with E-state index in [1.54, 1.807) is 0 Å². The van der Waals surface area contributed by atoms with Gasteiger partial charge in [-0.25, -0.2) is 0 Å². The van der Waals surface area contributed by atoms with Crippen molar-refractivity contribution in [3.05, 3.63) is 34.9 Å². The van der Waals surface area contributed by atoms with Crippen molar-refractivity contribution >= 4 is 0 Å². The molecule has 1 atom stereocenters. The minimum atomic E-state index is 0.511. The highest BCUT2D eigenvalue weighted by molar-refractivity contribution is 5.34. The molecule has 0 saturated carbocycles. The fourth-order valence-electron chi connectivity index (χ4n) is 2.55. The van der Waals surface area contributed by atoms with Crippen LogP contribution in [0.4, 0.5) is 0 Å². The molecule has 1 nitrogen and oxygen atoms in total. The molecule has 0 aliphatic carbocycles. The fraction of sp³-hybridized carbons (Fsp3) is 0.647. The molecule has 1 aromatic carbocycles.